The molecule has 3 atom stereocenters. The van der Waals surface area contributed by atoms with Crippen molar-refractivity contribution in [2.45, 2.75) is 130 Å². The van der Waals surface area contributed by atoms with Crippen LogP contribution in [0.5, 0.6) is 0 Å². The number of carbonyl (C=O) groups is 14. The van der Waals surface area contributed by atoms with Gasteiger partial charge in [0.1, 0.15) is 18.1 Å². The second kappa shape index (κ2) is 49.3. The maximum absolute atomic E-state index is 13.4. The first-order valence-electron chi connectivity index (χ1n) is 39.6. The molecule has 0 saturated heterocycles. The van der Waals surface area contributed by atoms with Gasteiger partial charge in [0.25, 0.3) is 23.6 Å². The summed E-state index contributed by atoms with van der Waals surface area (Å²) in [5.41, 5.74) is 19.9. The number of hydrogen-bond donors (Lipinski definition) is 6. The van der Waals surface area contributed by atoms with E-state index in [2.05, 4.69) is 26.0 Å². The second-order valence-electron chi connectivity index (χ2n) is 29.9. The van der Waals surface area contributed by atoms with Crippen molar-refractivity contribution >= 4 is 177 Å². The Balaban J connectivity index is 0.000000248. The van der Waals surface area contributed by atoms with E-state index in [-0.39, 0.29) is 102 Å². The molecule has 674 valence electrons. The van der Waals surface area contributed by atoms with Crippen LogP contribution in [0.3, 0.4) is 0 Å². The number of nitrogens with zero attached hydrogens (tertiary/aromatic N) is 4. The number of esters is 5. The standard InChI is InChI=1S/C32H33Cl2N3O7.C31H29Cl2N3O6.C19H20Cl2N2O3.C11H14N2O3/c1-19(2)44-32(42)27(36-30(40)29-25(33)6-5-7-26(29)34)15-20-9-12-23(13-10-20)35-28(39)16-22-11-8-21(17-37(3)18-38)14-24(22)31(41)43-4;1-18(2)42-31(41)26(34-29(39)28-24(32)5-4-6-25(28)33)14-19-8-11-22(12-9-19)36-27(38)15-21-10-7-20(16-35(3)17-37)13-23(21)30(36)40;1-11(2)26-19(25)16(10-12-6-8-13(22)9-7-12)23-18(24)17-14(20)4-3-5-15(17)21;1-13(7-14)6-8-3-4-10(12)9(5-8)11(15)16-2/h5-14,18-19,27H,15-17H2,1-4H3,(H,35,39)(H,36,40);4-13,17-18,26H,14-16H2,1-3H3,(H,34,39);3-9,11,16H,10,22H2,1-2H3,(H,23,24);3-5,7H,6,12H2,1-2H3/t27-;26-;16-;/m000./s1. The van der Waals surface area contributed by atoms with Crippen molar-refractivity contribution in [1.29, 1.82) is 0 Å². The summed E-state index contributed by atoms with van der Waals surface area (Å²) in [7, 11) is 7.45. The van der Waals surface area contributed by atoms with E-state index in [1.165, 1.54) is 53.2 Å². The minimum absolute atomic E-state index is 0.0434. The van der Waals surface area contributed by atoms with Crippen LogP contribution in [0.15, 0.2) is 182 Å². The highest BCUT2D eigenvalue weighted by Crippen LogP contribution is 2.31. The summed E-state index contributed by atoms with van der Waals surface area (Å²) < 4.78 is 25.5. The maximum atomic E-state index is 13.4. The number of anilines is 4. The fourth-order valence-electron chi connectivity index (χ4n) is 12.6. The Hall–Kier alpha value is -12.9. The predicted octanol–water partition coefficient (Wildman–Crippen LogP) is 14.0. The highest BCUT2D eigenvalue weighted by atomic mass is 35.5. The smallest absolute Gasteiger partial charge is 0.339 e. The molecule has 0 saturated carbocycles. The van der Waals surface area contributed by atoms with Crippen LogP contribution < -0.4 is 37.6 Å². The van der Waals surface area contributed by atoms with Crippen LogP contribution in [0.2, 0.25) is 30.1 Å². The summed E-state index contributed by atoms with van der Waals surface area (Å²) in [4.78, 5) is 178. The van der Waals surface area contributed by atoms with Crippen molar-refractivity contribution in [2.75, 3.05) is 57.0 Å². The molecule has 9 aromatic rings. The van der Waals surface area contributed by atoms with Gasteiger partial charge in [0, 0.05) is 82.7 Å². The molecule has 9 aromatic carbocycles. The molecule has 1 heterocycles. The van der Waals surface area contributed by atoms with Crippen molar-refractivity contribution < 1.29 is 90.8 Å². The number of carbonyl (C=O) groups excluding carboxylic acids is 14. The molecule has 9 amide bonds. The third-order valence-electron chi connectivity index (χ3n) is 18.6. The van der Waals surface area contributed by atoms with Gasteiger partial charge in [-0.1, -0.05) is 155 Å². The molecule has 8 N–H and O–H groups in total. The average molecular weight is 1870 g/mol. The zero-order chi connectivity index (χ0) is 94.3. The number of amides is 9. The van der Waals surface area contributed by atoms with Crippen molar-refractivity contribution in [2.24, 2.45) is 0 Å². The van der Waals surface area contributed by atoms with Crippen molar-refractivity contribution in [3.05, 3.63) is 290 Å². The molecule has 0 aromatic heterocycles. The Morgan fingerprint density at radius 3 is 1.15 bits per heavy atom. The average Bonchev–Trinajstić information content (AvgIpc) is 0.770. The van der Waals surface area contributed by atoms with Crippen LogP contribution in [-0.4, -0.2) is 171 Å². The van der Waals surface area contributed by atoms with E-state index in [4.69, 9.17) is 100 Å². The van der Waals surface area contributed by atoms with Crippen LogP contribution >= 0.6 is 69.6 Å². The van der Waals surface area contributed by atoms with E-state index in [1.54, 1.807) is 220 Å². The van der Waals surface area contributed by atoms with Gasteiger partial charge in [-0.05, 0) is 183 Å². The molecule has 10 rings (SSSR count). The normalized spacial score (nSPS) is 11.9. The van der Waals surface area contributed by atoms with Gasteiger partial charge in [0.15, 0.2) is 0 Å². The van der Waals surface area contributed by atoms with E-state index in [9.17, 15) is 67.1 Å². The summed E-state index contributed by atoms with van der Waals surface area (Å²) in [5, 5.41) is 11.8. The molecule has 35 heteroatoms. The van der Waals surface area contributed by atoms with Crippen LogP contribution in [-0.2, 0) is 114 Å². The van der Waals surface area contributed by atoms with Gasteiger partial charge in [0.05, 0.1) is 109 Å². The topological polar surface area (TPSA) is 398 Å². The van der Waals surface area contributed by atoms with Crippen molar-refractivity contribution in [3.8, 4) is 0 Å². The number of methoxy groups -OCH3 is 2. The zero-order valence-electron chi connectivity index (χ0n) is 71.6. The summed E-state index contributed by atoms with van der Waals surface area (Å²) in [6, 6.07) is 46.6. The number of imide groups is 1. The highest BCUT2D eigenvalue weighted by Gasteiger charge is 2.35. The number of rotatable bonds is 33. The maximum Gasteiger partial charge on any atom is 0.339 e. The molecule has 0 unspecified atom stereocenters. The molecule has 0 spiro atoms. The molecular formula is C93H96Cl6N10O19. The van der Waals surface area contributed by atoms with E-state index in [0.717, 1.165) is 21.6 Å². The zero-order valence-corrected chi connectivity index (χ0v) is 76.2. The molecule has 1 aliphatic rings. The van der Waals surface area contributed by atoms with Crippen molar-refractivity contribution in [1.82, 2.24) is 30.7 Å². The second-order valence-corrected chi connectivity index (χ2v) is 32.4. The number of nitrogens with one attached hydrogen (secondary N) is 4. The number of benzene rings is 9. The van der Waals surface area contributed by atoms with Crippen LogP contribution in [0.25, 0.3) is 0 Å². The Morgan fingerprint density at radius 1 is 0.438 bits per heavy atom. The first-order valence-corrected chi connectivity index (χ1v) is 41.8. The van der Waals surface area contributed by atoms with Gasteiger partial charge >= 0.3 is 29.8 Å². The molecule has 0 bridgehead atoms. The number of halogens is 6. The summed E-state index contributed by atoms with van der Waals surface area (Å²) >= 11 is 36.8. The molecule has 0 fully saturated rings. The van der Waals surface area contributed by atoms with Gasteiger partial charge in [-0.25, -0.2) is 28.9 Å². The largest absolute Gasteiger partial charge is 0.465 e. The van der Waals surface area contributed by atoms with Gasteiger partial charge in [-0.15, -0.1) is 0 Å². The number of hydrogen-bond acceptors (Lipinski definition) is 21. The number of ether oxygens (including phenoxy) is 5. The number of fused-ring (bicyclic) bond motifs is 1. The quantitative estimate of drug-likeness (QED) is 0.00731. The van der Waals surface area contributed by atoms with Gasteiger partial charge in [-0.3, -0.25) is 43.2 Å². The monoisotopic (exact) mass is 1870 g/mol. The Bertz CT molecular complexity index is 5470. The third-order valence-corrected chi connectivity index (χ3v) is 20.5. The minimum Gasteiger partial charge on any atom is -0.465 e. The van der Waals surface area contributed by atoms with Gasteiger partial charge < -0.3 is 71.1 Å². The van der Waals surface area contributed by atoms with E-state index >= 15 is 0 Å². The van der Waals surface area contributed by atoms with E-state index < -0.39 is 83.8 Å². The molecule has 0 aliphatic carbocycles. The predicted molar refractivity (Wildman–Crippen MR) is 489 cm³/mol. The van der Waals surface area contributed by atoms with E-state index in [0.29, 0.717) is 101 Å². The van der Waals surface area contributed by atoms with Gasteiger partial charge in [-0.2, -0.15) is 0 Å². The lowest BCUT2D eigenvalue weighted by molar-refractivity contribution is -0.150. The number of nitrogen functional groups attached to an aromatic ring is 2. The lowest BCUT2D eigenvalue weighted by Crippen LogP contribution is -2.44. The summed E-state index contributed by atoms with van der Waals surface area (Å²) in [6.45, 7) is 11.3. The Kier molecular flexibility index (Phi) is 39.3. The first kappa shape index (κ1) is 102. The molecule has 1 aliphatic heterocycles. The fourth-order valence-corrected chi connectivity index (χ4v) is 14.3. The molecule has 29 nitrogen and oxygen atoms in total. The molecular weight excluding hydrogens is 1770 g/mol. The molecule has 0 radical (unpaired) electrons. The summed E-state index contributed by atoms with van der Waals surface area (Å²) in [5.74, 6) is -5.88. The summed E-state index contributed by atoms with van der Waals surface area (Å²) in [6.07, 6.45) is 1.32. The minimum atomic E-state index is -1.06. The van der Waals surface area contributed by atoms with Crippen molar-refractivity contribution in [3.63, 3.8) is 0 Å². The third kappa shape index (κ3) is 30.4. The first-order chi connectivity index (χ1) is 60.7. The highest BCUT2D eigenvalue weighted by molar-refractivity contribution is 6.41. The van der Waals surface area contributed by atoms with Crippen LogP contribution in [0.4, 0.5) is 22.7 Å². The Morgan fingerprint density at radius 2 is 0.773 bits per heavy atom. The Labute approximate surface area is 770 Å². The molecule has 128 heavy (non-hydrogen) atoms. The SMILES string of the molecule is CC(C)OC(=O)[C@H](Cc1ccc(N)cc1)NC(=O)c1c(Cl)cccc1Cl.CC(C)OC(=O)[C@H](Cc1ccc(N2C(=O)Cc3ccc(CN(C)C=O)cc3C2=O)cc1)NC(=O)c1c(Cl)cccc1Cl.COC(=O)c1cc(CN(C)C=O)ccc1CC(=O)Nc1ccc(C[C@H](NC(=O)c2c(Cl)cccc2Cl)C(=O)OC(C)C)cc1.COC(=O)c1cc(CN(C)C=O)ccc1N. The fraction of sp³-hybridized carbons (Fsp3) is 0.269. The lowest BCUT2D eigenvalue weighted by Gasteiger charge is -2.27. The number of nitrogens with two attached hydrogens (primary N) is 2. The van der Waals surface area contributed by atoms with Crippen LogP contribution in [0, 0.1) is 0 Å². The van der Waals surface area contributed by atoms with Crippen LogP contribution in [0.1, 0.15) is 148 Å². The van der Waals surface area contributed by atoms with Gasteiger partial charge in [0.2, 0.25) is 31.0 Å². The van der Waals surface area contributed by atoms with E-state index in [1.807, 2.05) is 0 Å². The lowest BCUT2D eigenvalue weighted by atomic mass is 9.95.